The molecule has 28 heavy (non-hydrogen) atoms. The molecule has 0 bridgehead atoms. The summed E-state index contributed by atoms with van der Waals surface area (Å²) in [6, 6.07) is 12.8. The van der Waals surface area contributed by atoms with E-state index < -0.39 is 6.35 Å². The highest BCUT2D eigenvalue weighted by Crippen LogP contribution is 2.34. The second-order valence-corrected chi connectivity index (χ2v) is 6.94. The van der Waals surface area contributed by atoms with Crippen LogP contribution in [0.25, 0.3) is 5.70 Å². The molecule has 2 atom stereocenters. The minimum atomic E-state index is -0.999. The van der Waals surface area contributed by atoms with Gasteiger partial charge in [-0.3, -0.25) is 0 Å². The Morgan fingerprint density at radius 1 is 1.18 bits per heavy atom. The van der Waals surface area contributed by atoms with E-state index in [1.54, 1.807) is 12.1 Å². The summed E-state index contributed by atoms with van der Waals surface area (Å²) in [5.41, 5.74) is 2.84. The molecule has 0 amide bonds. The fourth-order valence-corrected chi connectivity index (χ4v) is 3.69. The maximum atomic E-state index is 10.4. The van der Waals surface area contributed by atoms with Crippen molar-refractivity contribution >= 4 is 11.6 Å². The van der Waals surface area contributed by atoms with Crippen LogP contribution in [0, 0.1) is 0 Å². The average molecular weight is 380 g/mol. The number of aliphatic hydroxyl groups excluding tert-OH is 1. The summed E-state index contributed by atoms with van der Waals surface area (Å²) in [6.45, 7) is 1.26. The average Bonchev–Trinajstić information content (AvgIpc) is 2.71. The van der Waals surface area contributed by atoms with E-state index in [1.807, 2.05) is 41.3 Å². The Bertz CT molecular complexity index is 971. The highest BCUT2D eigenvalue weighted by molar-refractivity contribution is 5.97. The zero-order valence-electron chi connectivity index (χ0n) is 15.1. The molecule has 3 heterocycles. The minimum Gasteiger partial charge on any atom is -0.508 e. The van der Waals surface area contributed by atoms with Crippen LogP contribution in [-0.2, 0) is 11.2 Å². The van der Waals surface area contributed by atoms with E-state index in [2.05, 4.69) is 4.99 Å². The molecule has 7 nitrogen and oxygen atoms in total. The summed E-state index contributed by atoms with van der Waals surface area (Å²) >= 11 is 0. The highest BCUT2D eigenvalue weighted by Gasteiger charge is 2.30. The van der Waals surface area contributed by atoms with Crippen molar-refractivity contribution in [3.63, 3.8) is 0 Å². The van der Waals surface area contributed by atoms with Gasteiger partial charge in [-0.15, -0.1) is 0 Å². The van der Waals surface area contributed by atoms with Gasteiger partial charge in [0.2, 0.25) is 12.2 Å². The number of aliphatic imine (C=N–C) groups is 1. The van der Waals surface area contributed by atoms with E-state index in [9.17, 15) is 10.2 Å². The van der Waals surface area contributed by atoms with Gasteiger partial charge in [-0.25, -0.2) is 0 Å². The number of hydrogen-bond donors (Lipinski definition) is 2. The van der Waals surface area contributed by atoms with Crippen molar-refractivity contribution in [2.45, 2.75) is 18.9 Å². The van der Waals surface area contributed by atoms with Crippen molar-refractivity contribution in [3.8, 4) is 17.2 Å². The number of aromatic hydroxyl groups is 1. The van der Waals surface area contributed by atoms with Crippen molar-refractivity contribution in [3.05, 3.63) is 59.7 Å². The van der Waals surface area contributed by atoms with Crippen molar-refractivity contribution < 1.29 is 24.4 Å². The molecule has 0 radical (unpaired) electrons. The largest absolute Gasteiger partial charge is 0.508 e. The number of nitrogens with zero attached hydrogens (tertiary/aromatic N) is 2. The standard InChI is InChI=1S/C21H20N2O5/c24-14-5-6-16-13(9-14)7-8-23-17(16)10-20(22-21(23)25)27-12-15-11-26-18-3-1-2-4-19(18)28-15/h1-6,9-10,15,21,24-25H,7-8,11-12H2. The molecule has 3 aliphatic rings. The van der Waals surface area contributed by atoms with Crippen LogP contribution in [0.15, 0.2) is 53.5 Å². The minimum absolute atomic E-state index is 0.240. The van der Waals surface area contributed by atoms with Gasteiger partial charge >= 0.3 is 0 Å². The van der Waals surface area contributed by atoms with Gasteiger partial charge < -0.3 is 29.3 Å². The number of ether oxygens (including phenoxy) is 3. The molecule has 0 aliphatic carbocycles. The van der Waals surface area contributed by atoms with Gasteiger partial charge in [0.15, 0.2) is 17.6 Å². The summed E-state index contributed by atoms with van der Waals surface area (Å²) in [4.78, 5) is 6.06. The lowest BCUT2D eigenvalue weighted by Crippen LogP contribution is -2.41. The van der Waals surface area contributed by atoms with Crippen molar-refractivity contribution in [1.29, 1.82) is 0 Å². The number of para-hydroxylation sites is 2. The molecule has 0 saturated heterocycles. The molecule has 2 N–H and O–H groups in total. The van der Waals surface area contributed by atoms with Crippen LogP contribution in [0.4, 0.5) is 0 Å². The Balaban J connectivity index is 1.32. The molecule has 2 aromatic rings. The Hall–Kier alpha value is -3.19. The molecular weight excluding hydrogens is 360 g/mol. The lowest BCUT2D eigenvalue weighted by atomic mass is 9.95. The summed E-state index contributed by atoms with van der Waals surface area (Å²) in [5.74, 6) is 2.01. The maximum Gasteiger partial charge on any atom is 0.229 e. The first-order valence-electron chi connectivity index (χ1n) is 9.25. The topological polar surface area (TPSA) is 83.8 Å². The number of hydrogen-bond acceptors (Lipinski definition) is 7. The number of aliphatic hydroxyl groups is 1. The van der Waals surface area contributed by atoms with Crippen LogP contribution < -0.4 is 9.47 Å². The lowest BCUT2D eigenvalue weighted by molar-refractivity contribution is 0.0363. The Morgan fingerprint density at radius 2 is 2.04 bits per heavy atom. The normalized spacial score (nSPS) is 22.5. The highest BCUT2D eigenvalue weighted by atomic mass is 16.6. The van der Waals surface area contributed by atoms with E-state index >= 15 is 0 Å². The fourth-order valence-electron chi connectivity index (χ4n) is 3.69. The second kappa shape index (κ2) is 6.76. The van der Waals surface area contributed by atoms with Crippen molar-refractivity contribution in [1.82, 2.24) is 4.90 Å². The Labute approximate surface area is 162 Å². The van der Waals surface area contributed by atoms with Gasteiger partial charge in [-0.05, 0) is 42.3 Å². The number of phenols is 1. The van der Waals surface area contributed by atoms with Crippen molar-refractivity contribution in [2.24, 2.45) is 4.99 Å². The molecule has 5 rings (SSSR count). The maximum absolute atomic E-state index is 10.4. The predicted octanol–water partition coefficient (Wildman–Crippen LogP) is 2.14. The third-order valence-corrected chi connectivity index (χ3v) is 5.06. The molecule has 0 saturated carbocycles. The van der Waals surface area contributed by atoms with E-state index in [1.165, 1.54) is 0 Å². The van der Waals surface area contributed by atoms with Gasteiger partial charge in [-0.2, -0.15) is 4.99 Å². The van der Waals surface area contributed by atoms with Gasteiger partial charge in [0.25, 0.3) is 0 Å². The van der Waals surface area contributed by atoms with Crippen molar-refractivity contribution in [2.75, 3.05) is 19.8 Å². The van der Waals surface area contributed by atoms with Gasteiger partial charge in [-0.1, -0.05) is 12.1 Å². The number of benzene rings is 2. The number of phenolic OH excluding ortho intramolecular Hbond substituents is 1. The third-order valence-electron chi connectivity index (χ3n) is 5.06. The number of rotatable bonds is 2. The monoisotopic (exact) mass is 380 g/mol. The lowest BCUT2D eigenvalue weighted by Gasteiger charge is -2.37. The van der Waals surface area contributed by atoms with E-state index in [4.69, 9.17) is 14.2 Å². The van der Waals surface area contributed by atoms with Gasteiger partial charge in [0, 0.05) is 18.2 Å². The molecule has 2 unspecified atom stereocenters. The first-order chi connectivity index (χ1) is 13.7. The summed E-state index contributed by atoms with van der Waals surface area (Å²) in [7, 11) is 0. The van der Waals surface area contributed by atoms with Crippen LogP contribution in [0.5, 0.6) is 17.2 Å². The zero-order valence-corrected chi connectivity index (χ0v) is 15.1. The van der Waals surface area contributed by atoms with E-state index in [0.29, 0.717) is 24.8 Å². The van der Waals surface area contributed by atoms with Crippen LogP contribution in [0.3, 0.4) is 0 Å². The summed E-state index contributed by atoms with van der Waals surface area (Å²) < 4.78 is 17.4. The van der Waals surface area contributed by atoms with Crippen LogP contribution in [0.2, 0.25) is 0 Å². The van der Waals surface area contributed by atoms with E-state index in [0.717, 1.165) is 29.0 Å². The Morgan fingerprint density at radius 3 is 2.93 bits per heavy atom. The molecule has 3 aliphatic heterocycles. The first-order valence-corrected chi connectivity index (χ1v) is 9.25. The first kappa shape index (κ1) is 16.9. The Kier molecular flexibility index (Phi) is 4.09. The quantitative estimate of drug-likeness (QED) is 0.831. The molecular formula is C21H20N2O5. The molecule has 144 valence electrons. The zero-order chi connectivity index (χ0) is 19.1. The second-order valence-electron chi connectivity index (χ2n) is 6.94. The molecule has 0 spiro atoms. The smallest absolute Gasteiger partial charge is 0.229 e. The molecule has 0 fully saturated rings. The van der Waals surface area contributed by atoms with Crippen LogP contribution in [-0.4, -0.2) is 53.2 Å². The fraction of sp³-hybridized carbons (Fsp3) is 0.286. The van der Waals surface area contributed by atoms with Crippen LogP contribution >= 0.6 is 0 Å². The van der Waals surface area contributed by atoms with Gasteiger partial charge in [0.1, 0.15) is 19.0 Å². The summed E-state index contributed by atoms with van der Waals surface area (Å²) in [6.07, 6.45) is 1.29. The van der Waals surface area contributed by atoms with Crippen LogP contribution in [0.1, 0.15) is 11.1 Å². The molecule has 2 aromatic carbocycles. The SMILES string of the molecule is Oc1ccc2c(c1)CCN1C2=CC(OCC2COc3ccccc3O2)=NC1O. The molecule has 0 aromatic heterocycles. The predicted molar refractivity (Wildman–Crippen MR) is 102 cm³/mol. The third kappa shape index (κ3) is 3.03. The van der Waals surface area contributed by atoms with E-state index in [-0.39, 0.29) is 18.5 Å². The number of fused-ring (bicyclic) bond motifs is 4. The summed E-state index contributed by atoms with van der Waals surface area (Å²) in [5, 5.41) is 20.2. The van der Waals surface area contributed by atoms with Gasteiger partial charge in [0.05, 0.1) is 5.70 Å². The molecule has 7 heteroatoms.